The molecule has 0 unspecified atom stereocenters. The van der Waals surface area contributed by atoms with Crippen molar-refractivity contribution in [2.24, 2.45) is 0 Å². The molecule has 0 fully saturated rings. The summed E-state index contributed by atoms with van der Waals surface area (Å²) in [5, 5.41) is 7.23. The minimum atomic E-state index is -0.314. The van der Waals surface area contributed by atoms with Gasteiger partial charge in [0, 0.05) is 23.9 Å². The van der Waals surface area contributed by atoms with E-state index >= 15 is 0 Å². The highest BCUT2D eigenvalue weighted by atomic mass is 16.2. The van der Waals surface area contributed by atoms with Crippen LogP contribution in [-0.2, 0) is 0 Å². The van der Waals surface area contributed by atoms with Crippen LogP contribution in [0.25, 0.3) is 0 Å². The Hall–Kier alpha value is -2.37. The number of amides is 1. The van der Waals surface area contributed by atoms with Gasteiger partial charge >= 0.3 is 0 Å². The lowest BCUT2D eigenvalue weighted by molar-refractivity contribution is 0.102. The zero-order chi connectivity index (χ0) is 14.9. The van der Waals surface area contributed by atoms with Crippen LogP contribution in [0, 0.1) is 13.8 Å². The SMILES string of the molecule is Cc1nn(C(C)C)c(C)c1NC(=O)c1cc[nH]c(=O)c1. The molecule has 0 aromatic carbocycles. The lowest BCUT2D eigenvalue weighted by atomic mass is 10.2. The second kappa shape index (κ2) is 5.32. The van der Waals surface area contributed by atoms with E-state index in [9.17, 15) is 9.59 Å². The maximum Gasteiger partial charge on any atom is 0.256 e. The van der Waals surface area contributed by atoms with Crippen LogP contribution in [0.1, 0.15) is 41.6 Å². The van der Waals surface area contributed by atoms with Crippen LogP contribution >= 0.6 is 0 Å². The van der Waals surface area contributed by atoms with Gasteiger partial charge in [-0.05, 0) is 33.8 Å². The molecule has 6 nitrogen and oxygen atoms in total. The molecule has 0 atom stereocenters. The summed E-state index contributed by atoms with van der Waals surface area (Å²) in [6.45, 7) is 7.82. The number of anilines is 1. The van der Waals surface area contributed by atoms with Gasteiger partial charge < -0.3 is 10.3 Å². The number of carbonyl (C=O) groups is 1. The normalized spacial score (nSPS) is 10.8. The first kappa shape index (κ1) is 14.0. The van der Waals surface area contributed by atoms with E-state index in [1.807, 2.05) is 32.4 Å². The first-order chi connectivity index (χ1) is 9.40. The van der Waals surface area contributed by atoms with Crippen molar-refractivity contribution in [3.05, 3.63) is 45.6 Å². The first-order valence-corrected chi connectivity index (χ1v) is 6.46. The Morgan fingerprint density at radius 2 is 2.10 bits per heavy atom. The first-order valence-electron chi connectivity index (χ1n) is 6.46. The van der Waals surface area contributed by atoms with E-state index in [4.69, 9.17) is 0 Å². The van der Waals surface area contributed by atoms with Crippen molar-refractivity contribution in [1.82, 2.24) is 14.8 Å². The van der Waals surface area contributed by atoms with Gasteiger partial charge in [-0.3, -0.25) is 14.3 Å². The molecule has 1 amide bonds. The monoisotopic (exact) mass is 274 g/mol. The fourth-order valence-electron chi connectivity index (χ4n) is 2.12. The van der Waals surface area contributed by atoms with Gasteiger partial charge in [0.25, 0.3) is 5.91 Å². The number of aryl methyl sites for hydroxylation is 1. The average Bonchev–Trinajstić information content (AvgIpc) is 2.67. The Morgan fingerprint density at radius 3 is 2.65 bits per heavy atom. The Bertz CT molecular complexity index is 697. The third kappa shape index (κ3) is 2.64. The van der Waals surface area contributed by atoms with E-state index in [0.717, 1.165) is 11.4 Å². The molecule has 0 saturated carbocycles. The van der Waals surface area contributed by atoms with Crippen molar-refractivity contribution in [3.63, 3.8) is 0 Å². The number of hydrogen-bond acceptors (Lipinski definition) is 3. The maximum atomic E-state index is 12.1. The molecule has 0 aliphatic heterocycles. The van der Waals surface area contributed by atoms with E-state index < -0.39 is 0 Å². The van der Waals surface area contributed by atoms with Gasteiger partial charge in [-0.25, -0.2) is 0 Å². The zero-order valence-electron chi connectivity index (χ0n) is 12.0. The van der Waals surface area contributed by atoms with Gasteiger partial charge in [0.15, 0.2) is 0 Å². The maximum absolute atomic E-state index is 12.1. The standard InChI is InChI=1S/C14H18N4O2/c1-8(2)18-10(4)13(9(3)17-18)16-14(20)11-5-6-15-12(19)7-11/h5-8H,1-4H3,(H,15,19)(H,16,20). The molecule has 2 aromatic rings. The van der Waals surface area contributed by atoms with Gasteiger partial charge in [-0.15, -0.1) is 0 Å². The smallest absolute Gasteiger partial charge is 0.256 e. The van der Waals surface area contributed by atoms with E-state index in [-0.39, 0.29) is 17.5 Å². The molecule has 2 heterocycles. The highest BCUT2D eigenvalue weighted by Crippen LogP contribution is 2.22. The summed E-state index contributed by atoms with van der Waals surface area (Å²) in [7, 11) is 0. The molecule has 106 valence electrons. The summed E-state index contributed by atoms with van der Waals surface area (Å²) < 4.78 is 1.86. The van der Waals surface area contributed by atoms with Gasteiger partial charge in [0.1, 0.15) is 0 Å². The quantitative estimate of drug-likeness (QED) is 0.898. The minimum absolute atomic E-state index is 0.221. The van der Waals surface area contributed by atoms with Crippen molar-refractivity contribution >= 4 is 11.6 Å². The summed E-state index contributed by atoms with van der Waals surface area (Å²) >= 11 is 0. The second-order valence-corrected chi connectivity index (χ2v) is 4.98. The molecular formula is C14H18N4O2. The van der Waals surface area contributed by atoms with Gasteiger partial charge in [0.2, 0.25) is 5.56 Å². The number of pyridine rings is 1. The predicted molar refractivity (Wildman–Crippen MR) is 77.1 cm³/mol. The van der Waals surface area contributed by atoms with Crippen LogP contribution in [0.15, 0.2) is 23.1 Å². The Morgan fingerprint density at radius 1 is 1.40 bits per heavy atom. The minimum Gasteiger partial charge on any atom is -0.329 e. The summed E-state index contributed by atoms with van der Waals surface area (Å²) in [5.74, 6) is -0.314. The number of nitrogens with one attached hydrogen (secondary N) is 2. The summed E-state index contributed by atoms with van der Waals surface area (Å²) in [6, 6.07) is 3.06. The highest BCUT2D eigenvalue weighted by Gasteiger charge is 2.16. The number of carbonyl (C=O) groups excluding carboxylic acids is 1. The van der Waals surface area contributed by atoms with Gasteiger partial charge in [-0.2, -0.15) is 5.10 Å². The van der Waals surface area contributed by atoms with Crippen LogP contribution in [0.5, 0.6) is 0 Å². The molecule has 0 bridgehead atoms. The molecular weight excluding hydrogens is 256 g/mol. The third-order valence-electron chi connectivity index (χ3n) is 3.09. The number of aromatic amines is 1. The Labute approximate surface area is 116 Å². The Balaban J connectivity index is 2.31. The molecule has 6 heteroatoms. The average molecular weight is 274 g/mol. The van der Waals surface area contributed by atoms with Crippen molar-refractivity contribution < 1.29 is 4.79 Å². The van der Waals surface area contributed by atoms with E-state index in [1.165, 1.54) is 12.3 Å². The number of rotatable bonds is 3. The molecule has 0 aliphatic carbocycles. The van der Waals surface area contributed by atoms with Crippen LogP contribution in [0.4, 0.5) is 5.69 Å². The molecule has 2 N–H and O–H groups in total. The molecule has 0 saturated heterocycles. The zero-order valence-corrected chi connectivity index (χ0v) is 12.0. The number of nitrogens with zero attached hydrogens (tertiary/aromatic N) is 2. The number of hydrogen-bond donors (Lipinski definition) is 2. The van der Waals surface area contributed by atoms with Crippen molar-refractivity contribution in [2.45, 2.75) is 33.7 Å². The lowest BCUT2D eigenvalue weighted by Gasteiger charge is -2.09. The van der Waals surface area contributed by atoms with Crippen LogP contribution < -0.4 is 10.9 Å². The fraction of sp³-hybridized carbons (Fsp3) is 0.357. The van der Waals surface area contributed by atoms with Crippen LogP contribution in [-0.4, -0.2) is 20.7 Å². The summed E-state index contributed by atoms with van der Waals surface area (Å²) in [6.07, 6.45) is 1.45. The lowest BCUT2D eigenvalue weighted by Crippen LogP contribution is -2.16. The van der Waals surface area contributed by atoms with Crippen LogP contribution in [0.3, 0.4) is 0 Å². The highest BCUT2D eigenvalue weighted by molar-refractivity contribution is 6.04. The number of H-pyrrole nitrogens is 1. The summed E-state index contributed by atoms with van der Waals surface area (Å²) in [5.41, 5.74) is 2.38. The molecule has 2 rings (SSSR count). The van der Waals surface area contributed by atoms with E-state index in [0.29, 0.717) is 11.3 Å². The largest absolute Gasteiger partial charge is 0.329 e. The van der Waals surface area contributed by atoms with Crippen molar-refractivity contribution in [1.29, 1.82) is 0 Å². The van der Waals surface area contributed by atoms with E-state index in [2.05, 4.69) is 15.4 Å². The van der Waals surface area contributed by atoms with Crippen molar-refractivity contribution in [2.75, 3.05) is 5.32 Å². The molecule has 0 aliphatic rings. The van der Waals surface area contributed by atoms with Gasteiger partial charge in [-0.1, -0.05) is 0 Å². The van der Waals surface area contributed by atoms with Crippen LogP contribution in [0.2, 0.25) is 0 Å². The Kier molecular flexibility index (Phi) is 3.74. The molecule has 0 radical (unpaired) electrons. The second-order valence-electron chi connectivity index (χ2n) is 4.98. The van der Waals surface area contributed by atoms with Crippen molar-refractivity contribution in [3.8, 4) is 0 Å². The molecule has 20 heavy (non-hydrogen) atoms. The summed E-state index contributed by atoms with van der Waals surface area (Å²) in [4.78, 5) is 25.9. The van der Waals surface area contributed by atoms with E-state index in [1.54, 1.807) is 6.07 Å². The number of aromatic nitrogens is 3. The molecule has 0 spiro atoms. The predicted octanol–water partition coefficient (Wildman–Crippen LogP) is 2.02. The molecule has 2 aromatic heterocycles. The van der Waals surface area contributed by atoms with Gasteiger partial charge in [0.05, 0.1) is 17.1 Å². The third-order valence-corrected chi connectivity index (χ3v) is 3.09. The fourth-order valence-corrected chi connectivity index (χ4v) is 2.12. The topological polar surface area (TPSA) is 79.8 Å².